The van der Waals surface area contributed by atoms with Crippen LogP contribution < -0.4 is 5.32 Å². The van der Waals surface area contributed by atoms with E-state index >= 15 is 0 Å². The summed E-state index contributed by atoms with van der Waals surface area (Å²) in [6.07, 6.45) is 2.67. The molecular weight excluding hydrogens is 238 g/mol. The van der Waals surface area contributed by atoms with Crippen molar-refractivity contribution in [2.75, 3.05) is 25.1 Å². The van der Waals surface area contributed by atoms with Gasteiger partial charge in [0.1, 0.15) is 0 Å². The molecule has 0 amide bonds. The molecule has 0 atom stereocenters. The maximum atomic E-state index is 10.9. The lowest BCUT2D eigenvalue weighted by Gasteiger charge is -2.36. The largest absolute Gasteiger partial charge is 0.394 e. The molecule has 0 radical (unpaired) electrons. The van der Waals surface area contributed by atoms with Crippen molar-refractivity contribution < 1.29 is 14.8 Å². The molecule has 18 heavy (non-hydrogen) atoms. The van der Waals surface area contributed by atoms with E-state index in [-0.39, 0.29) is 18.1 Å². The average molecular weight is 253 g/mol. The number of nitro groups is 1. The Hall–Kier alpha value is -1.73. The zero-order valence-corrected chi connectivity index (χ0v) is 9.83. The normalized spacial score (nSPS) is 18.3. The van der Waals surface area contributed by atoms with Crippen LogP contribution in [0.5, 0.6) is 0 Å². The van der Waals surface area contributed by atoms with Gasteiger partial charge >= 0.3 is 5.69 Å². The first-order valence-electron chi connectivity index (χ1n) is 5.73. The Bertz CT molecular complexity index is 432. The minimum absolute atomic E-state index is 0.0863. The topological polar surface area (TPSA) is 97.5 Å². The molecule has 7 nitrogen and oxygen atoms in total. The molecule has 0 unspecified atom stereocenters. The average Bonchev–Trinajstić information content (AvgIpc) is 2.40. The van der Waals surface area contributed by atoms with Gasteiger partial charge in [0, 0.05) is 25.5 Å². The van der Waals surface area contributed by atoms with Crippen LogP contribution in [-0.2, 0) is 4.74 Å². The number of hydrogen-bond acceptors (Lipinski definition) is 6. The molecule has 2 rings (SSSR count). The van der Waals surface area contributed by atoms with Crippen molar-refractivity contribution in [2.45, 2.75) is 18.4 Å². The summed E-state index contributed by atoms with van der Waals surface area (Å²) < 4.78 is 5.24. The standard InChI is InChI=1S/C11H15N3O4/c15-8-11(3-6-18-7-4-11)13-10-9(14(16)17)2-1-5-12-10/h1-2,5,15H,3-4,6-8H2,(H,12,13). The second kappa shape index (κ2) is 5.28. The van der Waals surface area contributed by atoms with Crippen LogP contribution >= 0.6 is 0 Å². The van der Waals surface area contributed by atoms with E-state index in [2.05, 4.69) is 10.3 Å². The highest BCUT2D eigenvalue weighted by Crippen LogP contribution is 2.29. The smallest absolute Gasteiger partial charge is 0.311 e. The fraction of sp³-hybridized carbons (Fsp3) is 0.545. The number of hydrogen-bond donors (Lipinski definition) is 2. The van der Waals surface area contributed by atoms with E-state index in [4.69, 9.17) is 4.74 Å². The molecule has 0 bridgehead atoms. The molecule has 1 aliphatic heterocycles. The van der Waals surface area contributed by atoms with Crippen LogP contribution in [0, 0.1) is 10.1 Å². The predicted molar refractivity (Wildman–Crippen MR) is 64.4 cm³/mol. The molecule has 0 saturated carbocycles. The van der Waals surface area contributed by atoms with E-state index < -0.39 is 10.5 Å². The summed E-state index contributed by atoms with van der Waals surface area (Å²) in [5.41, 5.74) is -0.672. The maximum absolute atomic E-state index is 10.9. The van der Waals surface area contributed by atoms with Gasteiger partial charge in [-0.25, -0.2) is 4.98 Å². The van der Waals surface area contributed by atoms with Gasteiger partial charge in [-0.2, -0.15) is 0 Å². The van der Waals surface area contributed by atoms with Gasteiger partial charge in [-0.15, -0.1) is 0 Å². The summed E-state index contributed by atoms with van der Waals surface area (Å²) in [7, 11) is 0. The summed E-state index contributed by atoms with van der Waals surface area (Å²) in [6, 6.07) is 2.90. The van der Waals surface area contributed by atoms with Crippen molar-refractivity contribution in [1.82, 2.24) is 4.98 Å². The summed E-state index contributed by atoms with van der Waals surface area (Å²) in [4.78, 5) is 14.4. The van der Waals surface area contributed by atoms with Gasteiger partial charge in [-0.3, -0.25) is 10.1 Å². The van der Waals surface area contributed by atoms with Crippen LogP contribution in [0.3, 0.4) is 0 Å². The first-order chi connectivity index (χ1) is 8.67. The van der Waals surface area contributed by atoms with Crippen LogP contribution in [-0.4, -0.2) is 40.4 Å². The Kier molecular flexibility index (Phi) is 3.73. The predicted octanol–water partition coefficient (Wildman–Crippen LogP) is 0.943. The van der Waals surface area contributed by atoms with Gasteiger partial charge in [0.15, 0.2) is 0 Å². The third kappa shape index (κ3) is 2.57. The second-order valence-electron chi connectivity index (χ2n) is 4.30. The van der Waals surface area contributed by atoms with E-state index in [0.29, 0.717) is 26.1 Å². The van der Waals surface area contributed by atoms with Crippen molar-refractivity contribution in [3.05, 3.63) is 28.4 Å². The van der Waals surface area contributed by atoms with Gasteiger partial charge < -0.3 is 15.2 Å². The number of ether oxygens (including phenoxy) is 1. The molecule has 98 valence electrons. The lowest BCUT2D eigenvalue weighted by atomic mass is 9.91. The number of nitrogens with one attached hydrogen (secondary N) is 1. The third-order valence-corrected chi connectivity index (χ3v) is 3.12. The maximum Gasteiger partial charge on any atom is 0.311 e. The van der Waals surface area contributed by atoms with Crippen molar-refractivity contribution in [1.29, 1.82) is 0 Å². The Labute approximate surface area is 104 Å². The number of nitrogens with zero attached hydrogens (tertiary/aromatic N) is 2. The number of aromatic nitrogens is 1. The van der Waals surface area contributed by atoms with Gasteiger partial charge in [-0.1, -0.05) is 0 Å². The molecule has 1 saturated heterocycles. The van der Waals surface area contributed by atoms with E-state index in [1.54, 1.807) is 0 Å². The number of rotatable bonds is 4. The quantitative estimate of drug-likeness (QED) is 0.612. The van der Waals surface area contributed by atoms with Crippen molar-refractivity contribution >= 4 is 11.5 Å². The highest BCUT2D eigenvalue weighted by atomic mass is 16.6. The zero-order chi connectivity index (χ0) is 13.0. The molecule has 1 fully saturated rings. The highest BCUT2D eigenvalue weighted by molar-refractivity contribution is 5.56. The lowest BCUT2D eigenvalue weighted by molar-refractivity contribution is -0.384. The van der Waals surface area contributed by atoms with E-state index in [9.17, 15) is 15.2 Å². The monoisotopic (exact) mass is 253 g/mol. The number of aliphatic hydroxyl groups is 1. The molecule has 0 aliphatic carbocycles. The SMILES string of the molecule is O=[N+]([O-])c1cccnc1NC1(CO)CCOCC1. The third-order valence-electron chi connectivity index (χ3n) is 3.12. The van der Waals surface area contributed by atoms with Crippen molar-refractivity contribution in [3.8, 4) is 0 Å². The zero-order valence-electron chi connectivity index (χ0n) is 9.83. The summed E-state index contributed by atoms with van der Waals surface area (Å²) >= 11 is 0. The summed E-state index contributed by atoms with van der Waals surface area (Å²) in [5, 5.41) is 23.4. The second-order valence-corrected chi connectivity index (χ2v) is 4.30. The summed E-state index contributed by atoms with van der Waals surface area (Å²) in [6.45, 7) is 0.937. The minimum atomic E-state index is -0.586. The van der Waals surface area contributed by atoms with E-state index in [1.165, 1.54) is 18.3 Å². The van der Waals surface area contributed by atoms with Crippen molar-refractivity contribution in [2.24, 2.45) is 0 Å². The van der Waals surface area contributed by atoms with Gasteiger partial charge in [0.25, 0.3) is 0 Å². The summed E-state index contributed by atoms with van der Waals surface area (Å²) in [5.74, 6) is 0.193. The van der Waals surface area contributed by atoms with Gasteiger partial charge in [-0.05, 0) is 18.9 Å². The Balaban J connectivity index is 2.24. The highest BCUT2D eigenvalue weighted by Gasteiger charge is 2.34. The van der Waals surface area contributed by atoms with Gasteiger partial charge in [0.05, 0.1) is 17.1 Å². The van der Waals surface area contributed by atoms with Gasteiger partial charge in [0.2, 0.25) is 5.82 Å². The lowest BCUT2D eigenvalue weighted by Crippen LogP contribution is -2.47. The first kappa shape index (κ1) is 12.7. The Morgan fingerprint density at radius 3 is 2.89 bits per heavy atom. The van der Waals surface area contributed by atoms with Crippen LogP contribution in [0.1, 0.15) is 12.8 Å². The van der Waals surface area contributed by atoms with Crippen LogP contribution in [0.2, 0.25) is 0 Å². The molecule has 0 spiro atoms. The molecule has 0 aromatic carbocycles. The molecule has 7 heteroatoms. The van der Waals surface area contributed by atoms with E-state index in [1.807, 2.05) is 0 Å². The van der Waals surface area contributed by atoms with Crippen LogP contribution in [0.15, 0.2) is 18.3 Å². The van der Waals surface area contributed by atoms with Crippen molar-refractivity contribution in [3.63, 3.8) is 0 Å². The molecule has 1 aromatic heterocycles. The van der Waals surface area contributed by atoms with E-state index in [0.717, 1.165) is 0 Å². The first-order valence-corrected chi connectivity index (χ1v) is 5.73. The molecule has 1 aromatic rings. The molecule has 2 heterocycles. The Morgan fingerprint density at radius 1 is 1.56 bits per heavy atom. The Morgan fingerprint density at radius 2 is 2.28 bits per heavy atom. The molecular formula is C11H15N3O4. The minimum Gasteiger partial charge on any atom is -0.394 e. The van der Waals surface area contributed by atoms with Crippen LogP contribution in [0.25, 0.3) is 0 Å². The molecule has 2 N–H and O–H groups in total. The number of aliphatic hydroxyl groups excluding tert-OH is 1. The fourth-order valence-corrected chi connectivity index (χ4v) is 1.98. The van der Waals surface area contributed by atoms with Crippen LogP contribution in [0.4, 0.5) is 11.5 Å². The molecule has 1 aliphatic rings. The number of anilines is 1. The fourth-order valence-electron chi connectivity index (χ4n) is 1.98. The number of pyridine rings is 1.